The molecule has 7 heteroatoms. The molecule has 0 radical (unpaired) electrons. The number of fused-ring (bicyclic) bond motifs is 1. The molecule has 0 saturated carbocycles. The van der Waals surface area contributed by atoms with Gasteiger partial charge in [-0.1, -0.05) is 29.8 Å². The minimum Gasteiger partial charge on any atom is -0.455 e. The lowest BCUT2D eigenvalue weighted by atomic mass is 10.1. The second-order valence-electron chi connectivity index (χ2n) is 7.57. The summed E-state index contributed by atoms with van der Waals surface area (Å²) in [7, 11) is 0. The Hall–Kier alpha value is -3.03. The SMILES string of the molecule is Cc1ccc(C(=O)O[C@@H](CN2CCOCC2)CN2C(=O)c3ccccc3C2=O)cc1. The molecule has 1 fully saturated rings. The zero-order valence-electron chi connectivity index (χ0n) is 16.9. The first-order chi connectivity index (χ1) is 14.5. The van der Waals surface area contributed by atoms with Gasteiger partial charge in [0.15, 0.2) is 0 Å². The van der Waals surface area contributed by atoms with E-state index in [1.54, 1.807) is 36.4 Å². The number of imide groups is 1. The molecule has 0 aliphatic carbocycles. The second kappa shape index (κ2) is 8.77. The monoisotopic (exact) mass is 408 g/mol. The Morgan fingerprint density at radius 1 is 0.967 bits per heavy atom. The highest BCUT2D eigenvalue weighted by Crippen LogP contribution is 2.23. The van der Waals surface area contributed by atoms with E-state index in [-0.39, 0.29) is 18.4 Å². The van der Waals surface area contributed by atoms with Crippen LogP contribution in [0.4, 0.5) is 0 Å². The number of benzene rings is 2. The summed E-state index contributed by atoms with van der Waals surface area (Å²) in [5.41, 5.74) is 2.26. The molecule has 30 heavy (non-hydrogen) atoms. The van der Waals surface area contributed by atoms with Gasteiger partial charge in [0.05, 0.1) is 36.4 Å². The summed E-state index contributed by atoms with van der Waals surface area (Å²) in [6.45, 7) is 5.01. The van der Waals surface area contributed by atoms with Crippen LogP contribution < -0.4 is 0 Å². The van der Waals surface area contributed by atoms with Crippen molar-refractivity contribution in [1.82, 2.24) is 9.80 Å². The summed E-state index contributed by atoms with van der Waals surface area (Å²) in [5.74, 6) is -1.17. The van der Waals surface area contributed by atoms with Crippen molar-refractivity contribution in [1.29, 1.82) is 0 Å². The number of morpholine rings is 1. The van der Waals surface area contributed by atoms with Crippen molar-refractivity contribution in [2.45, 2.75) is 13.0 Å². The van der Waals surface area contributed by atoms with Crippen molar-refractivity contribution < 1.29 is 23.9 Å². The standard InChI is InChI=1S/C23H24N2O5/c1-16-6-8-17(9-7-16)23(28)30-18(14-24-10-12-29-13-11-24)15-25-21(26)19-4-2-3-5-20(19)22(25)27/h2-9,18H,10-15H2,1H3/t18-/m0/s1. The third-order valence-corrected chi connectivity index (χ3v) is 5.39. The molecule has 7 nitrogen and oxygen atoms in total. The quantitative estimate of drug-likeness (QED) is 0.539. The first kappa shape index (κ1) is 20.3. The van der Waals surface area contributed by atoms with Gasteiger partial charge in [0.2, 0.25) is 0 Å². The van der Waals surface area contributed by atoms with Crippen LogP contribution in [0.25, 0.3) is 0 Å². The van der Waals surface area contributed by atoms with Gasteiger partial charge < -0.3 is 9.47 Å². The van der Waals surface area contributed by atoms with Gasteiger partial charge in [0.1, 0.15) is 6.10 Å². The highest BCUT2D eigenvalue weighted by atomic mass is 16.5. The molecule has 1 atom stereocenters. The van der Waals surface area contributed by atoms with E-state index >= 15 is 0 Å². The summed E-state index contributed by atoms with van der Waals surface area (Å²) >= 11 is 0. The summed E-state index contributed by atoms with van der Waals surface area (Å²) in [6.07, 6.45) is -0.640. The van der Waals surface area contributed by atoms with Gasteiger partial charge in [-0.25, -0.2) is 4.79 Å². The van der Waals surface area contributed by atoms with Crippen molar-refractivity contribution in [2.24, 2.45) is 0 Å². The Bertz CT molecular complexity index is 915. The molecular formula is C23H24N2O5. The van der Waals surface area contributed by atoms with Crippen LogP contribution in [0.5, 0.6) is 0 Å². The number of amides is 2. The predicted octanol–water partition coefficient (Wildman–Crippen LogP) is 2.15. The molecular weight excluding hydrogens is 384 g/mol. The lowest BCUT2D eigenvalue weighted by molar-refractivity contribution is -0.0105. The number of hydrogen-bond acceptors (Lipinski definition) is 6. The van der Waals surface area contributed by atoms with Gasteiger partial charge >= 0.3 is 5.97 Å². The molecule has 2 aromatic carbocycles. The summed E-state index contributed by atoms with van der Waals surface area (Å²) < 4.78 is 11.2. The molecule has 156 valence electrons. The molecule has 2 aliphatic rings. The zero-order chi connectivity index (χ0) is 21.1. The van der Waals surface area contributed by atoms with Crippen LogP contribution in [0, 0.1) is 6.92 Å². The van der Waals surface area contributed by atoms with Crippen LogP contribution in [0.3, 0.4) is 0 Å². The Morgan fingerprint density at radius 3 is 2.17 bits per heavy atom. The molecule has 0 N–H and O–H groups in total. The number of rotatable bonds is 6. The zero-order valence-corrected chi connectivity index (χ0v) is 16.9. The number of nitrogens with zero attached hydrogens (tertiary/aromatic N) is 2. The number of ether oxygens (including phenoxy) is 2. The van der Waals surface area contributed by atoms with Crippen molar-refractivity contribution in [3.63, 3.8) is 0 Å². The number of esters is 1. The Morgan fingerprint density at radius 2 is 1.57 bits per heavy atom. The van der Waals surface area contributed by atoms with E-state index in [0.29, 0.717) is 49.5 Å². The average Bonchev–Trinajstić information content (AvgIpc) is 3.00. The number of hydrogen-bond donors (Lipinski definition) is 0. The molecule has 1 saturated heterocycles. The van der Waals surface area contributed by atoms with Gasteiger partial charge in [-0.05, 0) is 31.2 Å². The molecule has 0 aromatic heterocycles. The first-order valence-corrected chi connectivity index (χ1v) is 10.1. The summed E-state index contributed by atoms with van der Waals surface area (Å²) in [4.78, 5) is 41.5. The third kappa shape index (κ3) is 4.27. The molecule has 2 heterocycles. The van der Waals surface area contributed by atoms with Gasteiger partial charge in [-0.2, -0.15) is 0 Å². The van der Waals surface area contributed by atoms with Crippen LogP contribution in [0.2, 0.25) is 0 Å². The van der Waals surface area contributed by atoms with Crippen molar-refractivity contribution >= 4 is 17.8 Å². The van der Waals surface area contributed by atoms with Gasteiger partial charge in [-0.15, -0.1) is 0 Å². The summed E-state index contributed by atoms with van der Waals surface area (Å²) in [5, 5.41) is 0. The van der Waals surface area contributed by atoms with Gasteiger partial charge in [0.25, 0.3) is 11.8 Å². The largest absolute Gasteiger partial charge is 0.455 e. The third-order valence-electron chi connectivity index (χ3n) is 5.39. The van der Waals surface area contributed by atoms with Crippen molar-refractivity contribution in [3.05, 3.63) is 70.8 Å². The number of aryl methyl sites for hydroxylation is 1. The first-order valence-electron chi connectivity index (χ1n) is 10.1. The molecule has 2 amide bonds. The number of carbonyl (C=O) groups excluding carboxylic acids is 3. The maximum Gasteiger partial charge on any atom is 0.338 e. The van der Waals surface area contributed by atoms with E-state index < -0.39 is 12.1 Å². The highest BCUT2D eigenvalue weighted by molar-refractivity contribution is 6.21. The fourth-order valence-electron chi connectivity index (χ4n) is 3.72. The Kier molecular flexibility index (Phi) is 5.92. The van der Waals surface area contributed by atoms with E-state index in [9.17, 15) is 14.4 Å². The van der Waals surface area contributed by atoms with Crippen LogP contribution >= 0.6 is 0 Å². The minimum atomic E-state index is -0.640. The van der Waals surface area contributed by atoms with Crippen LogP contribution in [0.15, 0.2) is 48.5 Å². The average molecular weight is 408 g/mol. The van der Waals surface area contributed by atoms with Crippen LogP contribution in [-0.2, 0) is 9.47 Å². The Balaban J connectivity index is 1.51. The summed E-state index contributed by atoms with van der Waals surface area (Å²) in [6, 6.07) is 13.9. The fraction of sp³-hybridized carbons (Fsp3) is 0.348. The van der Waals surface area contributed by atoms with Gasteiger partial charge in [-0.3, -0.25) is 19.4 Å². The smallest absolute Gasteiger partial charge is 0.338 e. The van der Waals surface area contributed by atoms with Crippen LogP contribution in [0.1, 0.15) is 36.6 Å². The maximum absolute atomic E-state index is 12.8. The van der Waals surface area contributed by atoms with Gasteiger partial charge in [0, 0.05) is 19.6 Å². The molecule has 0 unspecified atom stereocenters. The number of carbonyl (C=O) groups is 3. The lowest BCUT2D eigenvalue weighted by Gasteiger charge is -2.31. The van der Waals surface area contributed by atoms with E-state index in [0.717, 1.165) is 5.56 Å². The normalized spacial score (nSPS) is 17.7. The van der Waals surface area contributed by atoms with Crippen molar-refractivity contribution in [3.8, 4) is 0 Å². The topological polar surface area (TPSA) is 76.2 Å². The Labute approximate surface area is 175 Å². The predicted molar refractivity (Wildman–Crippen MR) is 109 cm³/mol. The molecule has 2 aromatic rings. The molecule has 0 spiro atoms. The van der Waals surface area contributed by atoms with Crippen LogP contribution in [-0.4, -0.2) is 73.1 Å². The van der Waals surface area contributed by atoms with E-state index in [1.165, 1.54) is 4.90 Å². The minimum absolute atomic E-state index is 0.0152. The molecule has 4 rings (SSSR count). The molecule has 2 aliphatic heterocycles. The highest BCUT2D eigenvalue weighted by Gasteiger charge is 2.37. The van der Waals surface area contributed by atoms with E-state index in [1.807, 2.05) is 19.1 Å². The van der Waals surface area contributed by atoms with E-state index in [4.69, 9.17) is 9.47 Å². The molecule has 0 bridgehead atoms. The second-order valence-corrected chi connectivity index (χ2v) is 7.57. The lowest BCUT2D eigenvalue weighted by Crippen LogP contribution is -2.47. The maximum atomic E-state index is 12.8. The fourth-order valence-corrected chi connectivity index (χ4v) is 3.72. The van der Waals surface area contributed by atoms with Crippen molar-refractivity contribution in [2.75, 3.05) is 39.4 Å². The van der Waals surface area contributed by atoms with E-state index in [2.05, 4.69) is 4.90 Å².